The lowest BCUT2D eigenvalue weighted by atomic mass is 10.1. The number of anilines is 1. The van der Waals surface area contributed by atoms with Crippen LogP contribution in [0.15, 0.2) is 84.9 Å². The second-order valence-corrected chi connectivity index (χ2v) is 5.72. The van der Waals surface area contributed by atoms with E-state index in [4.69, 9.17) is 0 Å². The largest absolute Gasteiger partial charge is 0.308 e. The minimum absolute atomic E-state index is 0.0170. The van der Waals surface area contributed by atoms with E-state index >= 15 is 0 Å². The van der Waals surface area contributed by atoms with Crippen LogP contribution < -0.4 is 4.90 Å². The third-order valence-corrected chi connectivity index (χ3v) is 3.98. The van der Waals surface area contributed by atoms with Crippen molar-refractivity contribution in [2.45, 2.75) is 6.42 Å². The predicted octanol–water partition coefficient (Wildman–Crippen LogP) is 4.76. The molecule has 3 rings (SSSR count). The van der Waals surface area contributed by atoms with Gasteiger partial charge in [0.25, 0.3) is 5.91 Å². The second kappa shape index (κ2) is 7.60. The van der Waals surface area contributed by atoms with E-state index in [-0.39, 0.29) is 5.91 Å². The zero-order chi connectivity index (χ0) is 16.8. The van der Waals surface area contributed by atoms with E-state index in [9.17, 15) is 4.79 Å². The zero-order valence-electron chi connectivity index (χ0n) is 13.6. The second-order valence-electron chi connectivity index (χ2n) is 5.72. The third kappa shape index (κ3) is 3.90. The molecule has 0 aliphatic carbocycles. The molecule has 0 aromatic heterocycles. The van der Waals surface area contributed by atoms with Gasteiger partial charge < -0.3 is 4.90 Å². The maximum absolute atomic E-state index is 13.0. The molecule has 1 amide bonds. The number of amides is 1. The molecule has 3 aromatic carbocycles. The summed E-state index contributed by atoms with van der Waals surface area (Å²) >= 11 is 0. The molecule has 0 heterocycles. The van der Waals surface area contributed by atoms with Gasteiger partial charge in [-0.2, -0.15) is 0 Å². The molecule has 0 unspecified atom stereocenters. The summed E-state index contributed by atoms with van der Waals surface area (Å²) in [6, 6.07) is 27.4. The Bertz CT molecular complexity index is 779. The van der Waals surface area contributed by atoms with Gasteiger partial charge in [0.05, 0.1) is 0 Å². The molecule has 0 aliphatic heterocycles. The first-order valence-electron chi connectivity index (χ1n) is 8.07. The van der Waals surface area contributed by atoms with Crippen LogP contribution in [-0.4, -0.2) is 12.5 Å². The molecule has 0 saturated heterocycles. The van der Waals surface area contributed by atoms with E-state index in [0.29, 0.717) is 12.1 Å². The average Bonchev–Trinajstić information content (AvgIpc) is 2.65. The Balaban J connectivity index is 1.85. The van der Waals surface area contributed by atoms with Gasteiger partial charge in [0, 0.05) is 17.8 Å². The van der Waals surface area contributed by atoms with Gasteiger partial charge >= 0.3 is 0 Å². The van der Waals surface area contributed by atoms with Gasteiger partial charge in [0.1, 0.15) is 0 Å². The predicted molar refractivity (Wildman–Crippen MR) is 99.2 cm³/mol. The van der Waals surface area contributed by atoms with E-state index in [0.717, 1.165) is 17.7 Å². The highest BCUT2D eigenvalue weighted by molar-refractivity contribution is 6.06. The van der Waals surface area contributed by atoms with Crippen LogP contribution in [0.3, 0.4) is 0 Å². The minimum Gasteiger partial charge on any atom is -0.308 e. The third-order valence-electron chi connectivity index (χ3n) is 3.98. The molecule has 3 aromatic rings. The van der Waals surface area contributed by atoms with Crippen LogP contribution in [0, 0.1) is 6.92 Å². The molecule has 0 bridgehead atoms. The maximum atomic E-state index is 13.0. The number of hydrogen-bond acceptors (Lipinski definition) is 1. The zero-order valence-corrected chi connectivity index (χ0v) is 13.6. The van der Waals surface area contributed by atoms with Gasteiger partial charge in [-0.1, -0.05) is 60.7 Å². The Kier molecular flexibility index (Phi) is 5.07. The molecule has 1 radical (unpaired) electrons. The SMILES string of the molecule is [CH2]c1ccc(N(CCc2ccccc2)C(=O)c2ccccc2)cc1. The number of carbonyl (C=O) groups excluding carboxylic acids is 1. The van der Waals surface area contributed by atoms with Crippen LogP contribution in [0.1, 0.15) is 21.5 Å². The normalized spacial score (nSPS) is 10.4. The fourth-order valence-electron chi connectivity index (χ4n) is 2.65. The molecule has 0 saturated carbocycles. The first kappa shape index (κ1) is 16.0. The standard InChI is InChI=1S/C22H20NO/c1-18-12-14-21(15-13-18)23(17-16-19-8-4-2-5-9-19)22(24)20-10-6-3-7-11-20/h2-15H,1,16-17H2. The van der Waals surface area contributed by atoms with Crippen molar-refractivity contribution < 1.29 is 4.79 Å². The van der Waals surface area contributed by atoms with Gasteiger partial charge in [0.2, 0.25) is 0 Å². The van der Waals surface area contributed by atoms with Crippen molar-refractivity contribution in [2.75, 3.05) is 11.4 Å². The minimum atomic E-state index is 0.0170. The summed E-state index contributed by atoms with van der Waals surface area (Å²) in [5.74, 6) is 0.0170. The van der Waals surface area contributed by atoms with Crippen molar-refractivity contribution >= 4 is 11.6 Å². The number of carbonyl (C=O) groups is 1. The monoisotopic (exact) mass is 314 g/mol. The topological polar surface area (TPSA) is 20.3 Å². The Morgan fingerprint density at radius 2 is 1.38 bits per heavy atom. The summed E-state index contributed by atoms with van der Waals surface area (Å²) in [6.45, 7) is 4.55. The van der Waals surface area contributed by atoms with Crippen LogP contribution in [-0.2, 0) is 6.42 Å². The average molecular weight is 314 g/mol. The van der Waals surface area contributed by atoms with E-state index < -0.39 is 0 Å². The smallest absolute Gasteiger partial charge is 0.258 e. The number of nitrogens with zero attached hydrogens (tertiary/aromatic N) is 1. The summed E-state index contributed by atoms with van der Waals surface area (Å²) in [6.07, 6.45) is 0.811. The van der Waals surface area contributed by atoms with Gasteiger partial charge in [-0.25, -0.2) is 0 Å². The highest BCUT2D eigenvalue weighted by Crippen LogP contribution is 2.19. The molecule has 119 valence electrons. The highest BCUT2D eigenvalue weighted by Gasteiger charge is 2.17. The summed E-state index contributed by atoms with van der Waals surface area (Å²) in [7, 11) is 0. The van der Waals surface area contributed by atoms with Crippen LogP contribution >= 0.6 is 0 Å². The molecular weight excluding hydrogens is 294 g/mol. The van der Waals surface area contributed by atoms with E-state index in [1.165, 1.54) is 5.56 Å². The van der Waals surface area contributed by atoms with Crippen LogP contribution in [0.5, 0.6) is 0 Å². The number of benzene rings is 3. The lowest BCUT2D eigenvalue weighted by molar-refractivity contribution is 0.0987. The van der Waals surface area contributed by atoms with E-state index in [1.807, 2.05) is 77.7 Å². The lowest BCUT2D eigenvalue weighted by Crippen LogP contribution is -2.32. The first-order chi connectivity index (χ1) is 11.7. The van der Waals surface area contributed by atoms with Crippen molar-refractivity contribution in [2.24, 2.45) is 0 Å². The van der Waals surface area contributed by atoms with Crippen molar-refractivity contribution in [1.29, 1.82) is 0 Å². The van der Waals surface area contributed by atoms with E-state index in [2.05, 4.69) is 19.1 Å². The number of rotatable bonds is 5. The molecule has 2 nitrogen and oxygen atoms in total. The summed E-state index contributed by atoms with van der Waals surface area (Å²) < 4.78 is 0. The highest BCUT2D eigenvalue weighted by atomic mass is 16.2. The van der Waals surface area contributed by atoms with Gasteiger partial charge in [-0.15, -0.1) is 0 Å². The number of hydrogen-bond donors (Lipinski definition) is 0. The Labute approximate surface area is 143 Å². The quantitative estimate of drug-likeness (QED) is 0.665. The molecule has 0 spiro atoms. The Morgan fingerprint density at radius 3 is 2.00 bits per heavy atom. The van der Waals surface area contributed by atoms with Crippen LogP contribution in [0.2, 0.25) is 0 Å². The molecular formula is C22H20NO. The Hall–Kier alpha value is -2.87. The lowest BCUT2D eigenvalue weighted by Gasteiger charge is -2.23. The fourth-order valence-corrected chi connectivity index (χ4v) is 2.65. The van der Waals surface area contributed by atoms with Gasteiger partial charge in [-0.05, 0) is 48.7 Å². The molecule has 0 N–H and O–H groups in total. The van der Waals surface area contributed by atoms with E-state index in [1.54, 1.807) is 0 Å². The van der Waals surface area contributed by atoms with Crippen molar-refractivity contribution in [3.05, 3.63) is 109 Å². The summed E-state index contributed by atoms with van der Waals surface area (Å²) in [5, 5.41) is 0. The molecule has 0 fully saturated rings. The molecule has 0 atom stereocenters. The summed E-state index contributed by atoms with van der Waals surface area (Å²) in [4.78, 5) is 14.8. The van der Waals surface area contributed by atoms with Gasteiger partial charge in [-0.3, -0.25) is 4.79 Å². The van der Waals surface area contributed by atoms with Crippen molar-refractivity contribution in [3.63, 3.8) is 0 Å². The molecule has 2 heteroatoms. The molecule has 0 aliphatic rings. The maximum Gasteiger partial charge on any atom is 0.258 e. The van der Waals surface area contributed by atoms with Gasteiger partial charge in [0.15, 0.2) is 0 Å². The summed E-state index contributed by atoms with van der Waals surface area (Å²) in [5.41, 5.74) is 3.75. The fraction of sp³-hybridized carbons (Fsp3) is 0.0909. The Morgan fingerprint density at radius 1 is 0.792 bits per heavy atom. The van der Waals surface area contributed by atoms with Crippen LogP contribution in [0.25, 0.3) is 0 Å². The van der Waals surface area contributed by atoms with Crippen molar-refractivity contribution in [3.8, 4) is 0 Å². The molecule has 24 heavy (non-hydrogen) atoms. The van der Waals surface area contributed by atoms with Crippen molar-refractivity contribution in [1.82, 2.24) is 0 Å². The van der Waals surface area contributed by atoms with Crippen LogP contribution in [0.4, 0.5) is 5.69 Å². The first-order valence-corrected chi connectivity index (χ1v) is 8.07.